The van der Waals surface area contributed by atoms with E-state index in [1.165, 1.54) is 0 Å². The van der Waals surface area contributed by atoms with Gasteiger partial charge < -0.3 is 19.7 Å². The molecule has 3 rings (SSSR count). The average molecular weight is 357 g/mol. The quantitative estimate of drug-likeness (QED) is 0.848. The third kappa shape index (κ3) is 3.94. The van der Waals surface area contributed by atoms with Crippen molar-refractivity contribution < 1.29 is 29.3 Å². The maximum absolute atomic E-state index is 12.4. The molecule has 0 aliphatic carbocycles. The van der Waals surface area contributed by atoms with Gasteiger partial charge in [0.15, 0.2) is 12.1 Å². The number of amides is 1. The molecule has 1 saturated heterocycles. The zero-order valence-electron chi connectivity index (χ0n) is 13.9. The monoisotopic (exact) mass is 357 g/mol. The number of likely N-dealkylation sites (tertiary alicyclic amines) is 1. The molecule has 0 spiro atoms. The van der Waals surface area contributed by atoms with E-state index < -0.39 is 30.3 Å². The van der Waals surface area contributed by atoms with E-state index >= 15 is 0 Å². The number of para-hydroxylation sites is 1. The number of benzene rings is 2. The Morgan fingerprint density at radius 1 is 1.04 bits per heavy atom. The standard InChI is InChI=1S/C19H19NO6/c21-15-11-20(19(24)25-12-13-7-3-1-4-8-13)16(18(22)23)17(15)26-14-9-5-2-6-10-14/h1-10,15-17,21H,11-12H2,(H,22,23)/t15?,16-,17?/m0/s1. The van der Waals surface area contributed by atoms with Gasteiger partial charge in [-0.1, -0.05) is 48.5 Å². The number of carboxylic acids is 1. The predicted octanol–water partition coefficient (Wildman–Crippen LogP) is 1.90. The molecule has 2 unspecified atom stereocenters. The second kappa shape index (κ2) is 7.88. The van der Waals surface area contributed by atoms with Gasteiger partial charge in [-0.25, -0.2) is 9.59 Å². The minimum Gasteiger partial charge on any atom is -0.485 e. The van der Waals surface area contributed by atoms with Gasteiger partial charge in [0.25, 0.3) is 0 Å². The molecule has 0 radical (unpaired) electrons. The van der Waals surface area contributed by atoms with E-state index in [9.17, 15) is 19.8 Å². The van der Waals surface area contributed by atoms with Gasteiger partial charge in [0.2, 0.25) is 0 Å². The molecular weight excluding hydrogens is 338 g/mol. The minimum absolute atomic E-state index is 0.0167. The second-order valence-electron chi connectivity index (χ2n) is 5.94. The number of carboxylic acid groups (broad SMARTS) is 1. The van der Waals surface area contributed by atoms with Crippen molar-refractivity contribution >= 4 is 12.1 Å². The van der Waals surface area contributed by atoms with Crippen molar-refractivity contribution in [1.82, 2.24) is 4.90 Å². The lowest BCUT2D eigenvalue weighted by Crippen LogP contribution is -2.47. The minimum atomic E-state index is -1.34. The number of ether oxygens (including phenoxy) is 2. The van der Waals surface area contributed by atoms with Crippen molar-refractivity contribution in [3.8, 4) is 5.75 Å². The summed E-state index contributed by atoms with van der Waals surface area (Å²) in [6.45, 7) is -0.162. The van der Waals surface area contributed by atoms with Gasteiger partial charge >= 0.3 is 12.1 Å². The molecule has 0 bridgehead atoms. The van der Waals surface area contributed by atoms with Crippen LogP contribution in [0.1, 0.15) is 5.56 Å². The maximum atomic E-state index is 12.4. The summed E-state index contributed by atoms with van der Waals surface area (Å²) >= 11 is 0. The first kappa shape index (κ1) is 17.8. The highest BCUT2D eigenvalue weighted by atomic mass is 16.6. The van der Waals surface area contributed by atoms with Crippen molar-refractivity contribution in [1.29, 1.82) is 0 Å². The van der Waals surface area contributed by atoms with Crippen LogP contribution < -0.4 is 4.74 Å². The van der Waals surface area contributed by atoms with E-state index in [1.54, 1.807) is 42.5 Å². The number of hydrogen-bond donors (Lipinski definition) is 2. The molecule has 7 heteroatoms. The van der Waals surface area contributed by atoms with E-state index in [-0.39, 0.29) is 13.2 Å². The molecule has 2 aromatic rings. The van der Waals surface area contributed by atoms with Gasteiger partial charge in [0, 0.05) is 0 Å². The highest BCUT2D eigenvalue weighted by Gasteiger charge is 2.50. The Morgan fingerprint density at radius 3 is 2.27 bits per heavy atom. The first-order valence-electron chi connectivity index (χ1n) is 8.16. The lowest BCUT2D eigenvalue weighted by atomic mass is 10.1. The lowest BCUT2D eigenvalue weighted by molar-refractivity contribution is -0.144. The molecule has 1 heterocycles. The molecule has 26 heavy (non-hydrogen) atoms. The SMILES string of the molecule is O=C(O)[C@@H]1C(Oc2ccccc2)C(O)CN1C(=O)OCc1ccccc1. The van der Waals surface area contributed by atoms with Gasteiger partial charge in [0.1, 0.15) is 18.5 Å². The highest BCUT2D eigenvalue weighted by Crippen LogP contribution is 2.25. The Kier molecular flexibility index (Phi) is 5.38. The van der Waals surface area contributed by atoms with Crippen LogP contribution in [-0.4, -0.2) is 52.0 Å². The van der Waals surface area contributed by atoms with E-state index in [1.807, 2.05) is 18.2 Å². The van der Waals surface area contributed by atoms with Gasteiger partial charge in [-0.3, -0.25) is 4.90 Å². The largest absolute Gasteiger partial charge is 0.485 e. The smallest absolute Gasteiger partial charge is 0.411 e. The molecule has 1 fully saturated rings. The summed E-state index contributed by atoms with van der Waals surface area (Å²) in [4.78, 5) is 25.0. The molecule has 0 aromatic heterocycles. The van der Waals surface area contributed by atoms with Crippen LogP contribution in [0.3, 0.4) is 0 Å². The van der Waals surface area contributed by atoms with E-state index in [0.717, 1.165) is 10.5 Å². The van der Waals surface area contributed by atoms with Crippen LogP contribution in [0, 0.1) is 0 Å². The molecule has 1 aliphatic heterocycles. The molecule has 1 aliphatic rings. The summed E-state index contributed by atoms with van der Waals surface area (Å²) < 4.78 is 10.8. The van der Waals surface area contributed by atoms with Crippen molar-refractivity contribution in [2.75, 3.05) is 6.54 Å². The van der Waals surface area contributed by atoms with Crippen LogP contribution in [0.4, 0.5) is 4.79 Å². The highest BCUT2D eigenvalue weighted by molar-refractivity contribution is 5.82. The van der Waals surface area contributed by atoms with E-state index in [0.29, 0.717) is 5.75 Å². The third-order valence-electron chi connectivity index (χ3n) is 4.12. The Labute approximate surface area is 150 Å². The number of carbonyl (C=O) groups excluding carboxylic acids is 1. The van der Waals surface area contributed by atoms with Crippen molar-refractivity contribution in [2.45, 2.75) is 24.9 Å². The van der Waals surface area contributed by atoms with Gasteiger partial charge in [0.05, 0.1) is 6.54 Å². The molecule has 3 atom stereocenters. The first-order chi connectivity index (χ1) is 12.6. The Morgan fingerprint density at radius 2 is 1.65 bits per heavy atom. The summed E-state index contributed by atoms with van der Waals surface area (Å²) in [6, 6.07) is 16.3. The fourth-order valence-electron chi connectivity index (χ4n) is 2.87. The molecular formula is C19H19NO6. The fraction of sp³-hybridized carbons (Fsp3) is 0.263. The summed E-state index contributed by atoms with van der Waals surface area (Å²) in [5.74, 6) is -0.846. The topological polar surface area (TPSA) is 96.3 Å². The van der Waals surface area contributed by atoms with E-state index in [2.05, 4.69) is 0 Å². The van der Waals surface area contributed by atoms with Crippen LogP contribution in [0.15, 0.2) is 60.7 Å². The van der Waals surface area contributed by atoms with Crippen molar-refractivity contribution in [3.05, 3.63) is 66.2 Å². The lowest BCUT2D eigenvalue weighted by Gasteiger charge is -2.24. The molecule has 136 valence electrons. The zero-order valence-corrected chi connectivity index (χ0v) is 13.9. The normalized spacial score (nSPS) is 22.0. The molecule has 1 amide bonds. The Balaban J connectivity index is 1.70. The molecule has 7 nitrogen and oxygen atoms in total. The number of aliphatic carboxylic acids is 1. The van der Waals surface area contributed by atoms with Crippen LogP contribution >= 0.6 is 0 Å². The number of hydrogen-bond acceptors (Lipinski definition) is 5. The third-order valence-corrected chi connectivity index (χ3v) is 4.12. The maximum Gasteiger partial charge on any atom is 0.411 e. The number of β-amino-alcohol motifs (C(OH)–C–C–N with tert-alkyl or cyclic N) is 1. The Bertz CT molecular complexity index is 751. The van der Waals surface area contributed by atoms with Gasteiger partial charge in [-0.05, 0) is 17.7 Å². The Hall–Kier alpha value is -3.06. The summed E-state index contributed by atoms with van der Waals surface area (Å²) in [6.07, 6.45) is -3.03. The number of carbonyl (C=O) groups is 2. The number of rotatable bonds is 5. The second-order valence-corrected chi connectivity index (χ2v) is 5.94. The predicted molar refractivity (Wildman–Crippen MR) is 91.6 cm³/mol. The molecule has 0 saturated carbocycles. The fourth-order valence-corrected chi connectivity index (χ4v) is 2.87. The average Bonchev–Trinajstić information content (AvgIpc) is 2.98. The van der Waals surface area contributed by atoms with Crippen LogP contribution in [0.2, 0.25) is 0 Å². The summed E-state index contributed by atoms with van der Waals surface area (Å²) in [7, 11) is 0. The van der Waals surface area contributed by atoms with Crippen LogP contribution in [-0.2, 0) is 16.1 Å². The van der Waals surface area contributed by atoms with Gasteiger partial charge in [-0.2, -0.15) is 0 Å². The van der Waals surface area contributed by atoms with Crippen LogP contribution in [0.5, 0.6) is 5.75 Å². The number of aliphatic hydroxyl groups is 1. The van der Waals surface area contributed by atoms with Crippen molar-refractivity contribution in [3.63, 3.8) is 0 Å². The van der Waals surface area contributed by atoms with Gasteiger partial charge in [-0.15, -0.1) is 0 Å². The molecule has 2 N–H and O–H groups in total. The molecule has 2 aromatic carbocycles. The summed E-state index contributed by atoms with van der Waals surface area (Å²) in [5, 5.41) is 19.8. The first-order valence-corrected chi connectivity index (χ1v) is 8.16. The van der Waals surface area contributed by atoms with E-state index in [4.69, 9.17) is 9.47 Å². The number of aliphatic hydroxyl groups excluding tert-OH is 1. The number of nitrogens with zero attached hydrogens (tertiary/aromatic N) is 1. The van der Waals surface area contributed by atoms with Crippen LogP contribution in [0.25, 0.3) is 0 Å². The summed E-state index contributed by atoms with van der Waals surface area (Å²) in [5.41, 5.74) is 0.782. The zero-order chi connectivity index (χ0) is 18.5. The van der Waals surface area contributed by atoms with Crippen molar-refractivity contribution in [2.24, 2.45) is 0 Å².